The standard InChI is InChI=1S/C30H30N2O6/c1-20-8-6-7-11-27(20)37-19-28(33)31-26(30(34)35)18-22-12-14-24(15-13-22)36-17-16-25-21(2)38-29(32-25)23-9-4-3-5-10-23/h3-15,26H,16-19H2,1-2H3,(H,31,33)(H,34,35)/t26-/m0/s1. The van der Waals surface area contributed by atoms with Gasteiger partial charge in [-0.05, 0) is 55.3 Å². The monoisotopic (exact) mass is 514 g/mol. The Bertz CT molecular complexity index is 1370. The number of carbonyl (C=O) groups excluding carboxylic acids is 1. The molecule has 196 valence electrons. The van der Waals surface area contributed by atoms with E-state index in [0.717, 1.165) is 28.1 Å². The summed E-state index contributed by atoms with van der Waals surface area (Å²) >= 11 is 0. The summed E-state index contributed by atoms with van der Waals surface area (Å²) in [6.07, 6.45) is 0.716. The molecule has 0 aliphatic rings. The highest BCUT2D eigenvalue weighted by Gasteiger charge is 2.21. The molecule has 0 spiro atoms. The average molecular weight is 515 g/mol. The second kappa shape index (κ2) is 12.6. The summed E-state index contributed by atoms with van der Waals surface area (Å²) in [5, 5.41) is 12.1. The number of aryl methyl sites for hydroxylation is 2. The van der Waals surface area contributed by atoms with Gasteiger partial charge in [-0.15, -0.1) is 0 Å². The summed E-state index contributed by atoms with van der Waals surface area (Å²) in [7, 11) is 0. The van der Waals surface area contributed by atoms with Crippen molar-refractivity contribution in [3.8, 4) is 23.0 Å². The third-order valence-electron chi connectivity index (χ3n) is 5.97. The molecule has 38 heavy (non-hydrogen) atoms. The molecule has 8 nitrogen and oxygen atoms in total. The van der Waals surface area contributed by atoms with Crippen LogP contribution in [0.5, 0.6) is 11.5 Å². The second-order valence-corrected chi connectivity index (χ2v) is 8.85. The van der Waals surface area contributed by atoms with E-state index in [1.165, 1.54) is 0 Å². The van der Waals surface area contributed by atoms with Crippen molar-refractivity contribution in [1.29, 1.82) is 0 Å². The number of aromatic nitrogens is 1. The summed E-state index contributed by atoms with van der Waals surface area (Å²) in [5.41, 5.74) is 3.41. The maximum atomic E-state index is 12.3. The molecule has 1 aromatic heterocycles. The van der Waals surface area contributed by atoms with Gasteiger partial charge in [0.1, 0.15) is 23.3 Å². The van der Waals surface area contributed by atoms with Crippen LogP contribution in [0.2, 0.25) is 0 Å². The van der Waals surface area contributed by atoms with Crippen LogP contribution in [0, 0.1) is 13.8 Å². The number of rotatable bonds is 12. The molecule has 0 radical (unpaired) electrons. The molecule has 3 aromatic carbocycles. The molecule has 8 heteroatoms. The van der Waals surface area contributed by atoms with Crippen molar-refractivity contribution < 1.29 is 28.6 Å². The Morgan fingerprint density at radius 3 is 2.37 bits per heavy atom. The van der Waals surface area contributed by atoms with Crippen LogP contribution in [0.15, 0.2) is 83.3 Å². The highest BCUT2D eigenvalue weighted by molar-refractivity contribution is 5.84. The van der Waals surface area contributed by atoms with E-state index in [2.05, 4.69) is 10.3 Å². The van der Waals surface area contributed by atoms with E-state index in [1.54, 1.807) is 30.3 Å². The van der Waals surface area contributed by atoms with Gasteiger partial charge in [-0.3, -0.25) is 4.79 Å². The first-order valence-electron chi connectivity index (χ1n) is 12.3. The molecule has 4 aromatic rings. The summed E-state index contributed by atoms with van der Waals surface area (Å²) in [6.45, 7) is 3.91. The number of aliphatic carboxylic acids is 1. The topological polar surface area (TPSA) is 111 Å². The fraction of sp³-hybridized carbons (Fsp3) is 0.233. The highest BCUT2D eigenvalue weighted by atomic mass is 16.5. The van der Waals surface area contributed by atoms with Gasteiger partial charge in [0.05, 0.1) is 12.3 Å². The number of ether oxygens (including phenoxy) is 2. The number of para-hydroxylation sites is 1. The zero-order chi connectivity index (χ0) is 26.9. The molecule has 0 unspecified atom stereocenters. The zero-order valence-electron chi connectivity index (χ0n) is 21.3. The Kier molecular flexibility index (Phi) is 8.77. The minimum Gasteiger partial charge on any atom is -0.493 e. The molecular weight excluding hydrogens is 484 g/mol. The number of hydrogen-bond donors (Lipinski definition) is 2. The van der Waals surface area contributed by atoms with Crippen LogP contribution >= 0.6 is 0 Å². The third-order valence-corrected chi connectivity index (χ3v) is 5.97. The van der Waals surface area contributed by atoms with Gasteiger partial charge in [-0.25, -0.2) is 9.78 Å². The summed E-state index contributed by atoms with van der Waals surface area (Å²) < 4.78 is 17.2. The predicted octanol–water partition coefficient (Wildman–Crippen LogP) is 4.77. The minimum atomic E-state index is -1.12. The molecular formula is C30H30N2O6. The average Bonchev–Trinajstić information content (AvgIpc) is 3.29. The van der Waals surface area contributed by atoms with Crippen LogP contribution in [0.1, 0.15) is 22.6 Å². The van der Waals surface area contributed by atoms with Gasteiger partial charge in [-0.1, -0.05) is 48.5 Å². The van der Waals surface area contributed by atoms with Crippen molar-refractivity contribution in [2.75, 3.05) is 13.2 Å². The van der Waals surface area contributed by atoms with E-state index in [4.69, 9.17) is 13.9 Å². The van der Waals surface area contributed by atoms with E-state index < -0.39 is 17.9 Å². The van der Waals surface area contributed by atoms with Crippen molar-refractivity contribution >= 4 is 11.9 Å². The lowest BCUT2D eigenvalue weighted by Gasteiger charge is -2.16. The number of carboxylic acids is 1. The summed E-state index contributed by atoms with van der Waals surface area (Å²) in [4.78, 5) is 28.6. The van der Waals surface area contributed by atoms with Crippen LogP contribution in [0.4, 0.5) is 0 Å². The first kappa shape index (κ1) is 26.5. The van der Waals surface area contributed by atoms with Crippen molar-refractivity contribution in [3.63, 3.8) is 0 Å². The maximum Gasteiger partial charge on any atom is 0.326 e. The Morgan fingerprint density at radius 1 is 0.947 bits per heavy atom. The SMILES string of the molecule is Cc1ccccc1OCC(=O)N[C@@H](Cc1ccc(OCCc2nc(-c3ccccc3)oc2C)cc1)C(=O)O. The molecule has 2 N–H and O–H groups in total. The molecule has 1 atom stereocenters. The second-order valence-electron chi connectivity index (χ2n) is 8.85. The lowest BCUT2D eigenvalue weighted by molar-refractivity contribution is -0.142. The smallest absolute Gasteiger partial charge is 0.326 e. The number of hydrogen-bond acceptors (Lipinski definition) is 6. The predicted molar refractivity (Wildman–Crippen MR) is 142 cm³/mol. The number of nitrogens with zero attached hydrogens (tertiary/aromatic N) is 1. The largest absolute Gasteiger partial charge is 0.493 e. The molecule has 1 amide bonds. The van der Waals surface area contributed by atoms with Crippen LogP contribution in [-0.4, -0.2) is 41.2 Å². The quantitative estimate of drug-likeness (QED) is 0.280. The number of benzene rings is 3. The lowest BCUT2D eigenvalue weighted by Crippen LogP contribution is -2.44. The minimum absolute atomic E-state index is 0.131. The zero-order valence-corrected chi connectivity index (χ0v) is 21.3. The van der Waals surface area contributed by atoms with Crippen molar-refractivity contribution in [3.05, 3.63) is 101 Å². The molecule has 1 heterocycles. The molecule has 4 rings (SSSR count). The molecule has 0 saturated carbocycles. The van der Waals surface area contributed by atoms with E-state index >= 15 is 0 Å². The van der Waals surface area contributed by atoms with Gasteiger partial charge in [0.25, 0.3) is 5.91 Å². The maximum absolute atomic E-state index is 12.3. The van der Waals surface area contributed by atoms with Gasteiger partial charge in [-0.2, -0.15) is 0 Å². The van der Waals surface area contributed by atoms with Gasteiger partial charge in [0.2, 0.25) is 5.89 Å². The molecule has 0 aliphatic heterocycles. The Hall–Kier alpha value is -4.59. The summed E-state index contributed by atoms with van der Waals surface area (Å²) in [6, 6.07) is 23.1. The fourth-order valence-electron chi connectivity index (χ4n) is 3.88. The van der Waals surface area contributed by atoms with Crippen LogP contribution in [-0.2, 0) is 22.4 Å². The van der Waals surface area contributed by atoms with Crippen LogP contribution in [0.25, 0.3) is 11.5 Å². The summed E-state index contributed by atoms with van der Waals surface area (Å²) in [5.74, 6) is 0.964. The van der Waals surface area contributed by atoms with Crippen LogP contribution in [0.3, 0.4) is 0 Å². The van der Waals surface area contributed by atoms with Gasteiger partial charge < -0.3 is 24.3 Å². The van der Waals surface area contributed by atoms with Crippen LogP contribution < -0.4 is 14.8 Å². The lowest BCUT2D eigenvalue weighted by atomic mass is 10.1. The Labute approximate surface area is 221 Å². The highest BCUT2D eigenvalue weighted by Crippen LogP contribution is 2.22. The molecule has 0 fully saturated rings. The number of carboxylic acid groups (broad SMARTS) is 1. The van der Waals surface area contributed by atoms with Gasteiger partial charge in [0.15, 0.2) is 6.61 Å². The van der Waals surface area contributed by atoms with Crippen molar-refractivity contribution in [2.45, 2.75) is 32.7 Å². The first-order valence-corrected chi connectivity index (χ1v) is 12.3. The van der Waals surface area contributed by atoms with Crippen molar-refractivity contribution in [2.24, 2.45) is 0 Å². The Morgan fingerprint density at radius 2 is 1.66 bits per heavy atom. The van der Waals surface area contributed by atoms with Gasteiger partial charge >= 0.3 is 5.97 Å². The third kappa shape index (κ3) is 7.22. The van der Waals surface area contributed by atoms with E-state index in [1.807, 2.05) is 62.4 Å². The Balaban J connectivity index is 1.26. The van der Waals surface area contributed by atoms with E-state index in [9.17, 15) is 14.7 Å². The number of oxazole rings is 1. The number of nitrogens with one attached hydrogen (secondary N) is 1. The first-order chi connectivity index (χ1) is 18.4. The van der Waals surface area contributed by atoms with Gasteiger partial charge in [0, 0.05) is 18.4 Å². The number of amides is 1. The normalized spacial score (nSPS) is 11.5. The molecule has 0 aliphatic carbocycles. The molecule has 0 saturated heterocycles. The fourth-order valence-corrected chi connectivity index (χ4v) is 3.88. The van der Waals surface area contributed by atoms with E-state index in [-0.39, 0.29) is 13.0 Å². The number of carbonyl (C=O) groups is 2. The molecule has 0 bridgehead atoms. The van der Waals surface area contributed by atoms with E-state index in [0.29, 0.717) is 30.4 Å². The van der Waals surface area contributed by atoms with Crippen molar-refractivity contribution in [1.82, 2.24) is 10.3 Å².